The summed E-state index contributed by atoms with van der Waals surface area (Å²) < 4.78 is 63.0. The zero-order chi connectivity index (χ0) is 28.2. The van der Waals surface area contributed by atoms with Crippen LogP contribution in [-0.4, -0.2) is 77.7 Å². The van der Waals surface area contributed by atoms with E-state index in [1.807, 2.05) is 0 Å². The van der Waals surface area contributed by atoms with Crippen molar-refractivity contribution in [2.24, 2.45) is 10.2 Å². The van der Waals surface area contributed by atoms with E-state index in [-0.39, 0.29) is 67.7 Å². The Hall–Kier alpha value is -3.02. The first-order valence-corrected chi connectivity index (χ1v) is 13.9. The molecule has 0 aliphatic carbocycles. The summed E-state index contributed by atoms with van der Waals surface area (Å²) >= 11 is 0. The molecule has 1 radical (unpaired) electrons. The van der Waals surface area contributed by atoms with Crippen molar-refractivity contribution in [3.63, 3.8) is 0 Å². The molecule has 2 N–H and O–H groups in total. The minimum absolute atomic E-state index is 0. The Labute approximate surface area is 272 Å². The first-order valence-electron chi connectivity index (χ1n) is 11.1. The molecule has 4 aromatic rings. The van der Waals surface area contributed by atoms with Crippen LogP contribution in [0.5, 0.6) is 5.75 Å². The third-order valence-corrected chi connectivity index (χ3v) is 7.41. The number of nitro benzene ring substituents is 1. The number of anilines is 2. The molecule has 0 aliphatic rings. The third-order valence-electron chi connectivity index (χ3n) is 5.27. The molecule has 40 heavy (non-hydrogen) atoms. The van der Waals surface area contributed by atoms with Gasteiger partial charge in [-0.3, -0.25) is 14.7 Å². The van der Waals surface area contributed by atoms with Gasteiger partial charge in [-0.05, 0) is 73.2 Å². The molecular weight excluding hydrogens is 588 g/mol. The maximum atomic E-state index is 12.5. The number of aryl methyl sites for hydroxylation is 1. The quantitative estimate of drug-likeness (QED) is 0.0603. The van der Waals surface area contributed by atoms with Crippen molar-refractivity contribution in [2.75, 3.05) is 5.32 Å². The van der Waals surface area contributed by atoms with Gasteiger partial charge in [0.25, 0.3) is 15.8 Å². The number of hydrogen-bond acceptors (Lipinski definition) is 10. The van der Waals surface area contributed by atoms with Crippen LogP contribution in [0, 0.1) is 17.0 Å². The molecular formula is C25H20KN4O8S2. The number of rotatable bonds is 9. The number of nitrogens with one attached hydrogen (secondary N) is 1. The summed E-state index contributed by atoms with van der Waals surface area (Å²) in [7, 11) is -8.72. The molecule has 0 saturated heterocycles. The summed E-state index contributed by atoms with van der Waals surface area (Å²) in [6, 6.07) is 21.8. The van der Waals surface area contributed by atoms with Crippen LogP contribution >= 0.6 is 0 Å². The van der Waals surface area contributed by atoms with Crippen molar-refractivity contribution >= 4 is 100 Å². The molecule has 0 spiro atoms. The second kappa shape index (κ2) is 13.1. The molecule has 0 atom stereocenters. The van der Waals surface area contributed by atoms with Crippen molar-refractivity contribution in [3.8, 4) is 5.75 Å². The van der Waals surface area contributed by atoms with Crippen LogP contribution in [0.4, 0.5) is 28.4 Å². The number of benzene rings is 4. The normalized spacial score (nSPS) is 11.6. The molecule has 12 nitrogen and oxygen atoms in total. The fourth-order valence-corrected chi connectivity index (χ4v) is 5.04. The maximum absolute atomic E-state index is 12.5. The SMILES string of the molecule is Cc1cc(N=Nc2ccc(Nc3ccc([N+](=O)[O-])cc3S(=O)(=O)O)cc2)ccc1OS(=O)(=O)c1ccccc1.[K]. The summed E-state index contributed by atoms with van der Waals surface area (Å²) in [5.74, 6) is 0.156. The van der Waals surface area contributed by atoms with Gasteiger partial charge >= 0.3 is 10.1 Å². The average molecular weight is 608 g/mol. The minimum Gasteiger partial charge on any atom is -0.379 e. The van der Waals surface area contributed by atoms with Gasteiger partial charge in [0.2, 0.25) is 0 Å². The fourth-order valence-electron chi connectivity index (χ4n) is 3.37. The first-order chi connectivity index (χ1) is 18.4. The molecule has 4 aromatic carbocycles. The molecule has 0 aromatic heterocycles. The summed E-state index contributed by atoms with van der Waals surface area (Å²) in [4.78, 5) is 9.58. The number of non-ortho nitro benzene ring substituents is 1. The molecule has 0 heterocycles. The van der Waals surface area contributed by atoms with Crippen LogP contribution in [0.25, 0.3) is 0 Å². The molecule has 0 fully saturated rings. The molecule has 0 aliphatic heterocycles. The van der Waals surface area contributed by atoms with E-state index in [0.717, 1.165) is 12.1 Å². The van der Waals surface area contributed by atoms with E-state index >= 15 is 0 Å². The van der Waals surface area contributed by atoms with Crippen molar-refractivity contribution in [1.29, 1.82) is 0 Å². The zero-order valence-corrected chi connectivity index (χ0v) is 25.9. The molecule has 0 amide bonds. The van der Waals surface area contributed by atoms with Crippen LogP contribution in [0.3, 0.4) is 0 Å². The van der Waals surface area contributed by atoms with Gasteiger partial charge in [-0.1, -0.05) is 18.2 Å². The Morgan fingerprint density at radius 1 is 0.850 bits per heavy atom. The summed E-state index contributed by atoms with van der Waals surface area (Å²) in [6.07, 6.45) is 0. The van der Waals surface area contributed by atoms with Gasteiger partial charge in [-0.2, -0.15) is 27.1 Å². The largest absolute Gasteiger partial charge is 0.379 e. The fraction of sp³-hybridized carbons (Fsp3) is 0.0400. The van der Waals surface area contributed by atoms with Gasteiger partial charge in [-0.25, -0.2) is 0 Å². The van der Waals surface area contributed by atoms with Crippen molar-refractivity contribution in [3.05, 3.63) is 107 Å². The van der Waals surface area contributed by atoms with Crippen LogP contribution in [-0.2, 0) is 20.2 Å². The predicted octanol–water partition coefficient (Wildman–Crippen LogP) is 5.70. The monoisotopic (exact) mass is 607 g/mol. The summed E-state index contributed by atoms with van der Waals surface area (Å²) in [5.41, 5.74) is 1.31. The molecule has 15 heteroatoms. The van der Waals surface area contributed by atoms with Crippen molar-refractivity contribution in [2.45, 2.75) is 16.7 Å². The van der Waals surface area contributed by atoms with Gasteiger partial charge in [0.15, 0.2) is 0 Å². The number of nitro groups is 1. The second-order valence-electron chi connectivity index (χ2n) is 8.08. The zero-order valence-electron chi connectivity index (χ0n) is 21.1. The first kappa shape index (κ1) is 31.5. The molecule has 201 valence electrons. The van der Waals surface area contributed by atoms with Crippen LogP contribution in [0.1, 0.15) is 5.56 Å². The average Bonchev–Trinajstić information content (AvgIpc) is 2.89. The summed E-state index contributed by atoms with van der Waals surface area (Å²) in [6.45, 7) is 1.67. The van der Waals surface area contributed by atoms with Gasteiger partial charge in [0, 0.05) is 69.2 Å². The molecule has 0 bridgehead atoms. The molecule has 0 saturated carbocycles. The molecule has 4 rings (SSSR count). The van der Waals surface area contributed by atoms with Crippen molar-refractivity contribution in [1.82, 2.24) is 0 Å². The molecule has 0 unspecified atom stereocenters. The van der Waals surface area contributed by atoms with E-state index in [2.05, 4.69) is 15.5 Å². The second-order valence-corrected chi connectivity index (χ2v) is 11.0. The van der Waals surface area contributed by atoms with E-state index in [0.29, 0.717) is 22.6 Å². The topological polar surface area (TPSA) is 178 Å². The van der Waals surface area contributed by atoms with E-state index in [4.69, 9.17) is 4.18 Å². The smallest absolute Gasteiger partial charge is 0.339 e. The van der Waals surface area contributed by atoms with Crippen molar-refractivity contribution < 1.29 is 30.5 Å². The van der Waals surface area contributed by atoms with Crippen LogP contribution in [0.15, 0.2) is 111 Å². The van der Waals surface area contributed by atoms with E-state index < -0.39 is 35.7 Å². The Kier molecular flexibility index (Phi) is 10.3. The predicted molar refractivity (Wildman–Crippen MR) is 148 cm³/mol. The Morgan fingerprint density at radius 3 is 2.08 bits per heavy atom. The standard InChI is InChI=1S/C25H20N4O8S2.K/c1-17-15-20(11-14-24(17)37-39(35,36)22-5-3-2-4-6-22)28-27-19-9-7-18(8-10-19)26-23-13-12-21(29(30)31)16-25(23)38(32,33)34;/h2-16,26H,1H3,(H,32,33,34);. The van der Waals surface area contributed by atoms with E-state index in [1.54, 1.807) is 61.5 Å². The van der Waals surface area contributed by atoms with Crippen LogP contribution < -0.4 is 9.50 Å². The summed E-state index contributed by atoms with van der Waals surface area (Å²) in [5, 5.41) is 22.0. The third kappa shape index (κ3) is 8.01. The Balaban J connectivity index is 0.00000441. The Morgan fingerprint density at radius 2 is 1.48 bits per heavy atom. The van der Waals surface area contributed by atoms with Gasteiger partial charge in [0.1, 0.15) is 15.5 Å². The minimum atomic E-state index is -4.73. The van der Waals surface area contributed by atoms with E-state index in [9.17, 15) is 31.5 Å². The number of nitrogens with zero attached hydrogens (tertiary/aromatic N) is 3. The number of hydrogen-bond donors (Lipinski definition) is 2. The van der Waals surface area contributed by atoms with Crippen LogP contribution in [0.2, 0.25) is 0 Å². The number of azo groups is 1. The Bertz CT molecular complexity index is 1780. The van der Waals surface area contributed by atoms with Gasteiger partial charge < -0.3 is 9.50 Å². The van der Waals surface area contributed by atoms with Gasteiger partial charge in [0.05, 0.1) is 22.0 Å². The maximum Gasteiger partial charge on any atom is 0.339 e. The van der Waals surface area contributed by atoms with E-state index in [1.165, 1.54) is 24.3 Å². The van der Waals surface area contributed by atoms with Gasteiger partial charge in [-0.15, -0.1) is 0 Å².